The predicted octanol–water partition coefficient (Wildman–Crippen LogP) is -0.0617. The highest BCUT2D eigenvalue weighted by Gasteiger charge is 2.04. The number of thiazole rings is 1. The Kier molecular flexibility index (Phi) is 4.55. The lowest BCUT2D eigenvalue weighted by atomic mass is 10.3. The molecule has 82 valence electrons. The zero-order chi connectivity index (χ0) is 11.1. The van der Waals surface area contributed by atoms with Crippen molar-refractivity contribution in [3.63, 3.8) is 0 Å². The molecule has 1 aromatic heterocycles. The molecule has 1 aromatic rings. The van der Waals surface area contributed by atoms with Crippen LogP contribution in [0.5, 0.6) is 0 Å². The van der Waals surface area contributed by atoms with Gasteiger partial charge in [-0.2, -0.15) is 0 Å². The minimum absolute atomic E-state index is 0.0897. The second-order valence-electron chi connectivity index (χ2n) is 2.85. The van der Waals surface area contributed by atoms with Gasteiger partial charge in [0.25, 0.3) is 0 Å². The summed E-state index contributed by atoms with van der Waals surface area (Å²) in [6.07, 6.45) is 0.596. The Bertz CT molecular complexity index is 336. The van der Waals surface area contributed by atoms with Gasteiger partial charge in [0.1, 0.15) is 5.84 Å². The highest BCUT2D eigenvalue weighted by atomic mass is 32.1. The minimum Gasteiger partial charge on any atom is -0.409 e. The number of amides is 1. The maximum atomic E-state index is 11.1. The molecule has 0 aliphatic heterocycles. The topological polar surface area (TPSA) is 101 Å². The van der Waals surface area contributed by atoms with Crippen LogP contribution in [0.1, 0.15) is 12.1 Å². The average molecular weight is 228 g/mol. The van der Waals surface area contributed by atoms with E-state index in [1.165, 1.54) is 11.3 Å². The summed E-state index contributed by atoms with van der Waals surface area (Å²) in [5.41, 5.74) is 7.86. The summed E-state index contributed by atoms with van der Waals surface area (Å²) >= 11 is 1.52. The van der Waals surface area contributed by atoms with Crippen molar-refractivity contribution < 1.29 is 10.0 Å². The molecular formula is C8H12N4O2S. The van der Waals surface area contributed by atoms with Gasteiger partial charge >= 0.3 is 0 Å². The quantitative estimate of drug-likeness (QED) is 0.284. The van der Waals surface area contributed by atoms with Gasteiger partial charge in [-0.1, -0.05) is 5.16 Å². The summed E-state index contributed by atoms with van der Waals surface area (Å²) in [6, 6.07) is 0. The minimum atomic E-state index is -0.263. The lowest BCUT2D eigenvalue weighted by Gasteiger charge is -2.02. The number of carbonyl (C=O) groups is 1. The van der Waals surface area contributed by atoms with Gasteiger partial charge in [-0.05, 0) is 0 Å². The van der Waals surface area contributed by atoms with Gasteiger partial charge in [-0.3, -0.25) is 4.79 Å². The first-order valence-electron chi connectivity index (χ1n) is 4.32. The fourth-order valence-corrected chi connectivity index (χ4v) is 1.55. The van der Waals surface area contributed by atoms with Gasteiger partial charge in [-0.25, -0.2) is 4.98 Å². The highest BCUT2D eigenvalue weighted by Crippen LogP contribution is 2.00. The number of nitrogens with zero attached hydrogens (tertiary/aromatic N) is 2. The van der Waals surface area contributed by atoms with E-state index in [0.717, 1.165) is 5.69 Å². The Hall–Kier alpha value is -1.63. The van der Waals surface area contributed by atoms with Crippen LogP contribution in [0.3, 0.4) is 0 Å². The van der Waals surface area contributed by atoms with Crippen molar-refractivity contribution in [1.82, 2.24) is 10.3 Å². The Morgan fingerprint density at radius 2 is 2.53 bits per heavy atom. The van der Waals surface area contributed by atoms with Crippen molar-refractivity contribution >= 4 is 23.1 Å². The van der Waals surface area contributed by atoms with Gasteiger partial charge in [0, 0.05) is 18.3 Å². The Balaban J connectivity index is 2.18. The molecule has 15 heavy (non-hydrogen) atoms. The molecular weight excluding hydrogens is 216 g/mol. The summed E-state index contributed by atoms with van der Waals surface area (Å²) in [4.78, 5) is 15.2. The molecule has 1 amide bonds. The molecule has 4 N–H and O–H groups in total. The lowest BCUT2D eigenvalue weighted by Crippen LogP contribution is -2.30. The first-order valence-corrected chi connectivity index (χ1v) is 5.27. The average Bonchev–Trinajstić information content (AvgIpc) is 2.70. The summed E-state index contributed by atoms with van der Waals surface area (Å²) in [6.45, 7) is 0.501. The smallest absolute Gasteiger partial charge is 0.227 e. The second-order valence-corrected chi connectivity index (χ2v) is 3.57. The number of carbonyl (C=O) groups excluding carboxylic acids is 1. The van der Waals surface area contributed by atoms with E-state index in [4.69, 9.17) is 10.9 Å². The van der Waals surface area contributed by atoms with Crippen molar-refractivity contribution in [2.75, 3.05) is 6.54 Å². The normalized spacial score (nSPS) is 11.3. The van der Waals surface area contributed by atoms with E-state index in [-0.39, 0.29) is 18.2 Å². The van der Waals surface area contributed by atoms with Crippen LogP contribution in [0.15, 0.2) is 16.0 Å². The van der Waals surface area contributed by atoms with Gasteiger partial charge in [0.15, 0.2) is 0 Å². The van der Waals surface area contributed by atoms with E-state index in [1.807, 2.05) is 5.38 Å². The van der Waals surface area contributed by atoms with E-state index in [9.17, 15) is 4.79 Å². The number of rotatable bonds is 5. The van der Waals surface area contributed by atoms with Crippen LogP contribution >= 0.6 is 11.3 Å². The van der Waals surface area contributed by atoms with E-state index >= 15 is 0 Å². The number of nitrogens with two attached hydrogens (primary N) is 1. The molecule has 6 nitrogen and oxygen atoms in total. The molecule has 0 fully saturated rings. The Labute approximate surface area is 90.8 Å². The summed E-state index contributed by atoms with van der Waals surface area (Å²) in [5, 5.41) is 15.5. The van der Waals surface area contributed by atoms with Crippen molar-refractivity contribution in [2.24, 2.45) is 10.9 Å². The number of nitrogens with one attached hydrogen (secondary N) is 1. The van der Waals surface area contributed by atoms with Crippen LogP contribution < -0.4 is 11.1 Å². The first kappa shape index (κ1) is 11.4. The predicted molar refractivity (Wildman–Crippen MR) is 56.9 cm³/mol. The highest BCUT2D eigenvalue weighted by molar-refractivity contribution is 7.07. The third-order valence-corrected chi connectivity index (χ3v) is 2.29. The van der Waals surface area contributed by atoms with Crippen molar-refractivity contribution in [2.45, 2.75) is 12.8 Å². The first-order chi connectivity index (χ1) is 7.22. The molecule has 0 saturated carbocycles. The standard InChI is InChI=1S/C8H12N4O2S/c9-7(12-14)3-8(13)10-2-1-6-4-15-5-11-6/h4-5,14H,1-3H2,(H2,9,12)(H,10,13). The molecule has 1 heterocycles. The van der Waals surface area contributed by atoms with Gasteiger partial charge in [0.2, 0.25) is 5.91 Å². The lowest BCUT2D eigenvalue weighted by molar-refractivity contribution is -0.119. The number of hydrogen-bond acceptors (Lipinski definition) is 5. The van der Waals surface area contributed by atoms with Crippen LogP contribution in [0.2, 0.25) is 0 Å². The molecule has 0 saturated heterocycles. The van der Waals surface area contributed by atoms with E-state index < -0.39 is 0 Å². The molecule has 0 unspecified atom stereocenters. The number of oxime groups is 1. The molecule has 0 spiro atoms. The van der Waals surface area contributed by atoms with Crippen LogP contribution in [0.4, 0.5) is 0 Å². The van der Waals surface area contributed by atoms with Crippen LogP contribution in [-0.4, -0.2) is 28.5 Å². The molecule has 0 radical (unpaired) electrons. The van der Waals surface area contributed by atoms with Crippen LogP contribution in [0, 0.1) is 0 Å². The summed E-state index contributed by atoms with van der Waals surface area (Å²) in [5.74, 6) is -0.360. The monoisotopic (exact) mass is 228 g/mol. The Morgan fingerprint density at radius 3 is 3.13 bits per heavy atom. The van der Waals surface area contributed by atoms with Crippen molar-refractivity contribution in [3.05, 3.63) is 16.6 Å². The van der Waals surface area contributed by atoms with E-state index in [0.29, 0.717) is 13.0 Å². The van der Waals surface area contributed by atoms with Crippen molar-refractivity contribution in [1.29, 1.82) is 0 Å². The van der Waals surface area contributed by atoms with E-state index in [1.54, 1.807) is 5.51 Å². The molecule has 0 aliphatic carbocycles. The largest absolute Gasteiger partial charge is 0.409 e. The van der Waals surface area contributed by atoms with E-state index in [2.05, 4.69) is 15.5 Å². The van der Waals surface area contributed by atoms with Gasteiger partial charge in [0.05, 0.1) is 17.6 Å². The maximum absolute atomic E-state index is 11.1. The zero-order valence-corrected chi connectivity index (χ0v) is 8.83. The van der Waals surface area contributed by atoms with Gasteiger partial charge in [-0.15, -0.1) is 11.3 Å². The molecule has 1 rings (SSSR count). The van der Waals surface area contributed by atoms with Gasteiger partial charge < -0.3 is 16.3 Å². The fourth-order valence-electron chi connectivity index (χ4n) is 0.953. The molecule has 0 aliphatic rings. The zero-order valence-electron chi connectivity index (χ0n) is 8.01. The number of hydrogen-bond donors (Lipinski definition) is 3. The molecule has 0 aromatic carbocycles. The third-order valence-electron chi connectivity index (χ3n) is 1.66. The molecule has 7 heteroatoms. The second kappa shape index (κ2) is 5.97. The van der Waals surface area contributed by atoms with Crippen molar-refractivity contribution in [3.8, 4) is 0 Å². The molecule has 0 atom stereocenters. The summed E-state index contributed by atoms with van der Waals surface area (Å²) < 4.78 is 0. The number of amidine groups is 1. The SMILES string of the molecule is NC(CC(=O)NCCc1cscn1)=NO. The van der Waals surface area contributed by atoms with Crippen LogP contribution in [-0.2, 0) is 11.2 Å². The maximum Gasteiger partial charge on any atom is 0.227 e. The third kappa shape index (κ3) is 4.41. The Morgan fingerprint density at radius 1 is 1.73 bits per heavy atom. The summed E-state index contributed by atoms with van der Waals surface area (Å²) in [7, 11) is 0. The molecule has 0 bridgehead atoms. The van der Waals surface area contributed by atoms with Crippen LogP contribution in [0.25, 0.3) is 0 Å². The number of aromatic nitrogens is 1. The fraction of sp³-hybridized carbons (Fsp3) is 0.375.